The van der Waals surface area contributed by atoms with Crippen LogP contribution in [0.15, 0.2) is 18.2 Å². The largest absolute Gasteiger partial charge is 0.454 e. The normalized spacial score (nSPS) is 12.5. The molecule has 1 aliphatic heterocycles. The predicted octanol–water partition coefficient (Wildman–Crippen LogP) is 1.62. The minimum atomic E-state index is 0.00560. The van der Waals surface area contributed by atoms with Crippen molar-refractivity contribution in [3.8, 4) is 11.5 Å². The Hall–Kier alpha value is -1.75. The maximum Gasteiger partial charge on any atom is 0.253 e. The van der Waals surface area contributed by atoms with Crippen LogP contribution in [-0.2, 0) is 0 Å². The van der Waals surface area contributed by atoms with E-state index in [9.17, 15) is 4.79 Å². The Balaban J connectivity index is 1.91. The second-order valence-electron chi connectivity index (χ2n) is 4.64. The minimum Gasteiger partial charge on any atom is -0.454 e. The molecule has 1 aromatic carbocycles. The lowest BCUT2D eigenvalue weighted by molar-refractivity contribution is 0.0792. The number of rotatable bonds is 6. The molecule has 0 radical (unpaired) electrons. The number of unbranched alkanes of at least 4 members (excludes halogenated alkanes) is 2. The third kappa shape index (κ3) is 3.38. The maximum absolute atomic E-state index is 12.2. The number of benzene rings is 1. The van der Waals surface area contributed by atoms with E-state index in [4.69, 9.17) is 15.2 Å². The quantitative estimate of drug-likeness (QED) is 0.793. The van der Waals surface area contributed by atoms with Gasteiger partial charge in [0.1, 0.15) is 0 Å². The Bertz CT molecular complexity index is 448. The van der Waals surface area contributed by atoms with Gasteiger partial charge in [0.25, 0.3) is 5.91 Å². The van der Waals surface area contributed by atoms with Crippen LogP contribution in [0.25, 0.3) is 0 Å². The van der Waals surface area contributed by atoms with Crippen molar-refractivity contribution in [2.24, 2.45) is 5.73 Å². The number of nitrogens with two attached hydrogens (primary N) is 1. The van der Waals surface area contributed by atoms with E-state index in [0.717, 1.165) is 25.8 Å². The molecule has 1 aliphatic rings. The van der Waals surface area contributed by atoms with Crippen molar-refractivity contribution in [1.29, 1.82) is 0 Å². The van der Waals surface area contributed by atoms with Gasteiger partial charge in [-0.2, -0.15) is 0 Å². The van der Waals surface area contributed by atoms with Gasteiger partial charge in [0.2, 0.25) is 6.79 Å². The molecule has 0 saturated heterocycles. The van der Waals surface area contributed by atoms with E-state index in [2.05, 4.69) is 0 Å². The van der Waals surface area contributed by atoms with E-state index in [1.807, 2.05) is 7.05 Å². The first-order valence-corrected chi connectivity index (χ1v) is 6.57. The molecule has 1 aromatic rings. The van der Waals surface area contributed by atoms with E-state index < -0.39 is 0 Å². The van der Waals surface area contributed by atoms with Gasteiger partial charge < -0.3 is 20.1 Å². The number of hydrogen-bond donors (Lipinski definition) is 1. The molecule has 5 heteroatoms. The van der Waals surface area contributed by atoms with Gasteiger partial charge in [-0.15, -0.1) is 0 Å². The summed E-state index contributed by atoms with van der Waals surface area (Å²) in [5.74, 6) is 1.34. The second-order valence-corrected chi connectivity index (χ2v) is 4.64. The van der Waals surface area contributed by atoms with Crippen LogP contribution in [0.3, 0.4) is 0 Å². The molecular weight excluding hydrogens is 244 g/mol. The average Bonchev–Trinajstić information content (AvgIpc) is 2.89. The molecule has 0 aliphatic carbocycles. The number of ether oxygens (including phenoxy) is 2. The Kier molecular flexibility index (Phi) is 4.63. The fourth-order valence-corrected chi connectivity index (χ4v) is 2.02. The Morgan fingerprint density at radius 3 is 2.84 bits per heavy atom. The lowest BCUT2D eigenvalue weighted by Gasteiger charge is -2.17. The van der Waals surface area contributed by atoms with E-state index in [1.165, 1.54) is 0 Å². The Labute approximate surface area is 113 Å². The molecule has 0 bridgehead atoms. The highest BCUT2D eigenvalue weighted by Crippen LogP contribution is 2.32. The molecule has 19 heavy (non-hydrogen) atoms. The van der Waals surface area contributed by atoms with Crippen molar-refractivity contribution < 1.29 is 14.3 Å². The number of hydrogen-bond acceptors (Lipinski definition) is 4. The van der Waals surface area contributed by atoms with Crippen LogP contribution in [0.5, 0.6) is 11.5 Å². The van der Waals surface area contributed by atoms with Crippen LogP contribution in [0, 0.1) is 0 Å². The van der Waals surface area contributed by atoms with Crippen LogP contribution in [0.1, 0.15) is 29.6 Å². The second kappa shape index (κ2) is 6.43. The maximum atomic E-state index is 12.2. The Morgan fingerprint density at radius 1 is 1.26 bits per heavy atom. The molecule has 0 unspecified atom stereocenters. The van der Waals surface area contributed by atoms with Gasteiger partial charge in [0.05, 0.1) is 0 Å². The molecule has 0 aromatic heterocycles. The number of carbonyl (C=O) groups excluding carboxylic acids is 1. The zero-order valence-electron chi connectivity index (χ0n) is 11.2. The standard InChI is InChI=1S/C14H20N2O3/c1-16(8-4-2-3-7-15)14(17)11-5-6-12-13(9-11)19-10-18-12/h5-6,9H,2-4,7-8,10,15H2,1H3. The highest BCUT2D eigenvalue weighted by Gasteiger charge is 2.18. The molecule has 2 rings (SSSR count). The van der Waals surface area contributed by atoms with E-state index in [0.29, 0.717) is 23.6 Å². The fourth-order valence-electron chi connectivity index (χ4n) is 2.02. The van der Waals surface area contributed by atoms with Gasteiger partial charge in [-0.05, 0) is 37.6 Å². The van der Waals surface area contributed by atoms with Crippen molar-refractivity contribution in [3.05, 3.63) is 23.8 Å². The van der Waals surface area contributed by atoms with Crippen LogP contribution in [0.2, 0.25) is 0 Å². The molecule has 0 fully saturated rings. The smallest absolute Gasteiger partial charge is 0.253 e. The highest BCUT2D eigenvalue weighted by atomic mass is 16.7. The third-order valence-corrected chi connectivity index (χ3v) is 3.16. The summed E-state index contributed by atoms with van der Waals surface area (Å²) >= 11 is 0. The average molecular weight is 264 g/mol. The Morgan fingerprint density at radius 2 is 2.05 bits per heavy atom. The van der Waals surface area contributed by atoms with Crippen molar-refractivity contribution in [1.82, 2.24) is 4.90 Å². The minimum absolute atomic E-state index is 0.00560. The molecule has 0 saturated carbocycles. The summed E-state index contributed by atoms with van der Waals surface area (Å²) in [5, 5.41) is 0. The highest BCUT2D eigenvalue weighted by molar-refractivity contribution is 5.94. The summed E-state index contributed by atoms with van der Waals surface area (Å²) in [7, 11) is 1.81. The van der Waals surface area contributed by atoms with Gasteiger partial charge >= 0.3 is 0 Å². The van der Waals surface area contributed by atoms with Gasteiger partial charge in [0, 0.05) is 19.2 Å². The molecule has 0 atom stereocenters. The molecular formula is C14H20N2O3. The van der Waals surface area contributed by atoms with Crippen molar-refractivity contribution in [2.45, 2.75) is 19.3 Å². The van der Waals surface area contributed by atoms with Gasteiger partial charge in [-0.3, -0.25) is 4.79 Å². The predicted molar refractivity (Wildman–Crippen MR) is 72.4 cm³/mol. The molecule has 1 heterocycles. The summed E-state index contributed by atoms with van der Waals surface area (Å²) in [6, 6.07) is 5.28. The third-order valence-electron chi connectivity index (χ3n) is 3.16. The SMILES string of the molecule is CN(CCCCCN)C(=O)c1ccc2c(c1)OCO2. The number of amides is 1. The van der Waals surface area contributed by atoms with Crippen molar-refractivity contribution >= 4 is 5.91 Å². The van der Waals surface area contributed by atoms with Gasteiger partial charge in [-0.25, -0.2) is 0 Å². The van der Waals surface area contributed by atoms with Gasteiger partial charge in [-0.1, -0.05) is 6.42 Å². The molecule has 0 spiro atoms. The van der Waals surface area contributed by atoms with Gasteiger partial charge in [0.15, 0.2) is 11.5 Å². The lowest BCUT2D eigenvalue weighted by atomic mass is 10.1. The van der Waals surface area contributed by atoms with E-state index >= 15 is 0 Å². The first-order chi connectivity index (χ1) is 9.22. The summed E-state index contributed by atoms with van der Waals surface area (Å²) in [6.45, 7) is 1.68. The lowest BCUT2D eigenvalue weighted by Crippen LogP contribution is -2.27. The number of nitrogens with zero attached hydrogens (tertiary/aromatic N) is 1. The van der Waals surface area contributed by atoms with Crippen LogP contribution < -0.4 is 15.2 Å². The first-order valence-electron chi connectivity index (χ1n) is 6.57. The zero-order valence-corrected chi connectivity index (χ0v) is 11.2. The van der Waals surface area contributed by atoms with Crippen molar-refractivity contribution in [2.75, 3.05) is 26.9 Å². The summed E-state index contributed by atoms with van der Waals surface area (Å²) in [6.07, 6.45) is 3.03. The van der Waals surface area contributed by atoms with Crippen molar-refractivity contribution in [3.63, 3.8) is 0 Å². The molecule has 5 nitrogen and oxygen atoms in total. The topological polar surface area (TPSA) is 64.8 Å². The van der Waals surface area contributed by atoms with E-state index in [1.54, 1.807) is 23.1 Å². The van der Waals surface area contributed by atoms with Crippen LogP contribution >= 0.6 is 0 Å². The summed E-state index contributed by atoms with van der Waals surface area (Å²) < 4.78 is 10.5. The van der Waals surface area contributed by atoms with Crippen LogP contribution in [-0.4, -0.2) is 37.7 Å². The molecule has 1 amide bonds. The summed E-state index contributed by atoms with van der Waals surface area (Å²) in [4.78, 5) is 13.9. The molecule has 104 valence electrons. The van der Waals surface area contributed by atoms with E-state index in [-0.39, 0.29) is 12.7 Å². The van der Waals surface area contributed by atoms with Crippen LogP contribution in [0.4, 0.5) is 0 Å². The number of carbonyl (C=O) groups is 1. The summed E-state index contributed by atoms with van der Waals surface area (Å²) in [5.41, 5.74) is 6.07. The monoisotopic (exact) mass is 264 g/mol. The molecule has 2 N–H and O–H groups in total. The number of fused-ring (bicyclic) bond motifs is 1. The fraction of sp³-hybridized carbons (Fsp3) is 0.500. The zero-order chi connectivity index (χ0) is 13.7. The first kappa shape index (κ1) is 13.7.